The average Bonchev–Trinajstić information content (AvgIpc) is 3.20. The van der Waals surface area contributed by atoms with E-state index in [1.165, 1.54) is 0 Å². The number of aliphatic carboxylic acids is 1. The first-order valence-corrected chi connectivity index (χ1v) is 8.69. The van der Waals surface area contributed by atoms with E-state index in [9.17, 15) is 9.90 Å². The topological polar surface area (TPSA) is 69.6 Å². The maximum atomic E-state index is 11.9. The van der Waals surface area contributed by atoms with Gasteiger partial charge in [-0.25, -0.2) is 9.97 Å². The Bertz CT molecular complexity index is 782. The van der Waals surface area contributed by atoms with Crippen molar-refractivity contribution < 1.29 is 9.90 Å². The van der Waals surface area contributed by atoms with E-state index in [0.717, 1.165) is 43.1 Å². The number of anilines is 3. The van der Waals surface area contributed by atoms with Crippen molar-refractivity contribution in [2.45, 2.75) is 19.3 Å². The normalized spacial score (nSPS) is 25.0. The number of nitrogens with zero attached hydrogens (tertiary/aromatic N) is 4. The second kappa shape index (κ2) is 6.02. The van der Waals surface area contributed by atoms with Crippen LogP contribution in [0.3, 0.4) is 0 Å². The maximum absolute atomic E-state index is 11.9. The minimum Gasteiger partial charge on any atom is -0.481 e. The highest BCUT2D eigenvalue weighted by atomic mass is 16.4. The predicted molar refractivity (Wildman–Crippen MR) is 96.2 cm³/mol. The summed E-state index contributed by atoms with van der Waals surface area (Å²) in [4.78, 5) is 24.8. The molecule has 1 saturated carbocycles. The molecule has 6 nitrogen and oxygen atoms in total. The molecule has 25 heavy (non-hydrogen) atoms. The van der Waals surface area contributed by atoms with Crippen molar-refractivity contribution in [1.82, 2.24) is 9.97 Å². The van der Waals surface area contributed by atoms with E-state index in [4.69, 9.17) is 0 Å². The molecule has 2 heterocycles. The number of para-hydroxylation sites is 1. The fourth-order valence-corrected chi connectivity index (χ4v) is 4.29. The van der Waals surface area contributed by atoms with E-state index >= 15 is 0 Å². The van der Waals surface area contributed by atoms with Crippen molar-refractivity contribution in [3.63, 3.8) is 0 Å². The minimum atomic E-state index is -0.659. The first kappa shape index (κ1) is 15.9. The molecule has 0 spiro atoms. The van der Waals surface area contributed by atoms with Crippen LogP contribution < -0.4 is 9.80 Å². The average molecular weight is 338 g/mol. The largest absolute Gasteiger partial charge is 0.481 e. The molecule has 4 rings (SSSR count). The Morgan fingerprint density at radius 2 is 2.12 bits per heavy atom. The second-order valence-electron chi connectivity index (χ2n) is 7.06. The van der Waals surface area contributed by atoms with Crippen LogP contribution in [0.5, 0.6) is 0 Å². The standard InChI is InChI=1S/C19H22N4O2/c1-22(15-7-3-2-4-8-15)16-10-17(21-13-20-16)23-11-14-6-5-9-19(14,12-23)18(24)25/h2-4,7-8,10,13-14H,5-6,9,11-12H2,1H3,(H,24,25)/t14-,19+/m0/s1. The molecule has 1 saturated heterocycles. The van der Waals surface area contributed by atoms with Crippen LogP contribution in [-0.4, -0.2) is 41.2 Å². The van der Waals surface area contributed by atoms with E-state index in [1.54, 1.807) is 6.33 Å². The summed E-state index contributed by atoms with van der Waals surface area (Å²) in [5.74, 6) is 1.17. The van der Waals surface area contributed by atoms with Crippen molar-refractivity contribution in [2.75, 3.05) is 29.9 Å². The molecule has 1 aliphatic carbocycles. The number of carboxylic acid groups (broad SMARTS) is 1. The molecule has 0 amide bonds. The van der Waals surface area contributed by atoms with Crippen molar-refractivity contribution in [3.05, 3.63) is 42.7 Å². The van der Waals surface area contributed by atoms with Gasteiger partial charge in [0.05, 0.1) is 5.41 Å². The molecule has 1 aromatic carbocycles. The molecule has 2 aliphatic rings. The lowest BCUT2D eigenvalue weighted by atomic mass is 9.81. The highest BCUT2D eigenvalue weighted by molar-refractivity contribution is 5.78. The molecule has 6 heteroatoms. The fourth-order valence-electron chi connectivity index (χ4n) is 4.29. The molecule has 0 bridgehead atoms. The number of rotatable bonds is 4. The van der Waals surface area contributed by atoms with Crippen LogP contribution in [0.1, 0.15) is 19.3 Å². The Morgan fingerprint density at radius 1 is 1.32 bits per heavy atom. The van der Waals surface area contributed by atoms with Gasteiger partial charge in [0.2, 0.25) is 0 Å². The van der Waals surface area contributed by atoms with Crippen molar-refractivity contribution in [2.24, 2.45) is 11.3 Å². The summed E-state index contributed by atoms with van der Waals surface area (Å²) in [6.07, 6.45) is 4.33. The van der Waals surface area contributed by atoms with Crippen LogP contribution >= 0.6 is 0 Å². The van der Waals surface area contributed by atoms with Crippen LogP contribution in [0.2, 0.25) is 0 Å². The van der Waals surface area contributed by atoms with E-state index in [2.05, 4.69) is 14.9 Å². The summed E-state index contributed by atoms with van der Waals surface area (Å²) in [5, 5.41) is 9.76. The van der Waals surface area contributed by atoms with E-state index in [1.807, 2.05) is 48.3 Å². The Labute approximate surface area is 147 Å². The van der Waals surface area contributed by atoms with Gasteiger partial charge in [0.1, 0.15) is 18.0 Å². The monoisotopic (exact) mass is 338 g/mol. The highest BCUT2D eigenvalue weighted by Crippen LogP contribution is 2.49. The lowest BCUT2D eigenvalue weighted by molar-refractivity contribution is -0.149. The van der Waals surface area contributed by atoms with E-state index in [-0.39, 0.29) is 5.92 Å². The van der Waals surface area contributed by atoms with Crippen LogP contribution in [0, 0.1) is 11.3 Å². The van der Waals surface area contributed by atoms with Gasteiger partial charge in [0.15, 0.2) is 0 Å². The molecule has 2 atom stereocenters. The molecule has 130 valence electrons. The predicted octanol–water partition coefficient (Wildman–Crippen LogP) is 2.94. The van der Waals surface area contributed by atoms with Crippen LogP contribution in [0.25, 0.3) is 0 Å². The van der Waals surface area contributed by atoms with Gasteiger partial charge in [0.25, 0.3) is 0 Å². The molecule has 2 fully saturated rings. The van der Waals surface area contributed by atoms with Crippen molar-refractivity contribution >= 4 is 23.3 Å². The third-order valence-electron chi connectivity index (χ3n) is 5.75. The van der Waals surface area contributed by atoms with Gasteiger partial charge in [-0.15, -0.1) is 0 Å². The summed E-state index contributed by atoms with van der Waals surface area (Å²) in [6.45, 7) is 1.30. The Hall–Kier alpha value is -2.63. The molecule has 1 aromatic heterocycles. The smallest absolute Gasteiger partial charge is 0.311 e. The Kier molecular flexibility index (Phi) is 3.82. The number of carbonyl (C=O) groups is 1. The van der Waals surface area contributed by atoms with Gasteiger partial charge in [-0.2, -0.15) is 0 Å². The summed E-state index contributed by atoms with van der Waals surface area (Å²) in [6, 6.07) is 12.0. The van der Waals surface area contributed by atoms with E-state index < -0.39 is 11.4 Å². The third kappa shape index (κ3) is 2.62. The van der Waals surface area contributed by atoms with Crippen LogP contribution in [-0.2, 0) is 4.79 Å². The number of aromatic nitrogens is 2. The molecule has 1 N–H and O–H groups in total. The molecular weight excluding hydrogens is 316 g/mol. The number of hydrogen-bond donors (Lipinski definition) is 1. The van der Waals surface area contributed by atoms with Gasteiger partial charge >= 0.3 is 5.97 Å². The van der Waals surface area contributed by atoms with Gasteiger partial charge in [0, 0.05) is 31.9 Å². The van der Waals surface area contributed by atoms with Gasteiger partial charge in [-0.3, -0.25) is 4.79 Å². The van der Waals surface area contributed by atoms with Crippen molar-refractivity contribution in [3.8, 4) is 0 Å². The zero-order chi connectivity index (χ0) is 17.4. The summed E-state index contributed by atoms with van der Waals surface area (Å²) < 4.78 is 0. The fraction of sp³-hybridized carbons (Fsp3) is 0.421. The lowest BCUT2D eigenvalue weighted by Gasteiger charge is -2.24. The number of hydrogen-bond acceptors (Lipinski definition) is 5. The SMILES string of the molecule is CN(c1ccccc1)c1cc(N2C[C@@H]3CCC[C@@]3(C(=O)O)C2)ncn1. The van der Waals surface area contributed by atoms with Crippen molar-refractivity contribution in [1.29, 1.82) is 0 Å². The summed E-state index contributed by atoms with van der Waals surface area (Å²) in [7, 11) is 1.97. The molecule has 0 radical (unpaired) electrons. The quantitative estimate of drug-likeness (QED) is 0.924. The Balaban J connectivity index is 1.60. The van der Waals surface area contributed by atoms with E-state index in [0.29, 0.717) is 6.54 Å². The van der Waals surface area contributed by atoms with Gasteiger partial charge < -0.3 is 14.9 Å². The highest BCUT2D eigenvalue weighted by Gasteiger charge is 2.55. The lowest BCUT2D eigenvalue weighted by Crippen LogP contribution is -2.35. The number of benzene rings is 1. The molecule has 1 aliphatic heterocycles. The number of carboxylic acids is 1. The molecule has 2 aromatic rings. The molecule has 0 unspecified atom stereocenters. The van der Waals surface area contributed by atoms with Crippen LogP contribution in [0.15, 0.2) is 42.7 Å². The van der Waals surface area contributed by atoms with Gasteiger partial charge in [-0.1, -0.05) is 24.6 Å². The molecular formula is C19H22N4O2. The minimum absolute atomic E-state index is 0.218. The van der Waals surface area contributed by atoms with Crippen LogP contribution in [0.4, 0.5) is 17.3 Å². The second-order valence-corrected chi connectivity index (χ2v) is 7.06. The Morgan fingerprint density at radius 3 is 2.84 bits per heavy atom. The summed E-state index contributed by atoms with van der Waals surface area (Å²) >= 11 is 0. The maximum Gasteiger partial charge on any atom is 0.311 e. The first-order chi connectivity index (χ1) is 12.1. The first-order valence-electron chi connectivity index (χ1n) is 8.69. The number of fused-ring (bicyclic) bond motifs is 1. The zero-order valence-electron chi connectivity index (χ0n) is 14.3. The third-order valence-corrected chi connectivity index (χ3v) is 5.75. The summed E-state index contributed by atoms with van der Waals surface area (Å²) in [5.41, 5.74) is 0.448. The zero-order valence-corrected chi connectivity index (χ0v) is 14.3. The van der Waals surface area contributed by atoms with Gasteiger partial charge in [-0.05, 0) is 30.9 Å².